The number of nitrogens with one attached hydrogen (secondary N) is 1. The van der Waals surface area contributed by atoms with Crippen molar-refractivity contribution in [3.63, 3.8) is 0 Å². The van der Waals surface area contributed by atoms with Gasteiger partial charge in [-0.05, 0) is 49.2 Å². The lowest BCUT2D eigenvalue weighted by atomic mass is 10.0. The number of benzene rings is 1. The summed E-state index contributed by atoms with van der Waals surface area (Å²) < 4.78 is 38.9. The highest BCUT2D eigenvalue weighted by Crippen LogP contribution is 2.30. The zero-order valence-corrected chi connectivity index (χ0v) is 18.0. The fraction of sp³-hybridized carbons (Fsp3) is 0.400. The highest BCUT2D eigenvalue weighted by Gasteiger charge is 2.31. The lowest BCUT2D eigenvalue weighted by Crippen LogP contribution is -2.45. The van der Waals surface area contributed by atoms with Crippen LogP contribution in [0.1, 0.15) is 24.8 Å². The molecular formula is C20H21BrF3N3OS. The minimum Gasteiger partial charge on any atom is -0.356 e. The van der Waals surface area contributed by atoms with Gasteiger partial charge in [0.25, 0.3) is 0 Å². The first-order chi connectivity index (χ1) is 13.8. The normalized spacial score (nSPS) is 15.4. The van der Waals surface area contributed by atoms with E-state index in [1.54, 1.807) is 11.8 Å². The monoisotopic (exact) mass is 487 g/mol. The van der Waals surface area contributed by atoms with Crippen molar-refractivity contribution < 1.29 is 18.0 Å². The summed E-state index contributed by atoms with van der Waals surface area (Å²) in [6.07, 6.45) is -1.57. The highest BCUT2D eigenvalue weighted by molar-refractivity contribution is 9.10. The number of alkyl halides is 3. The van der Waals surface area contributed by atoms with Crippen LogP contribution in [0.2, 0.25) is 0 Å². The molecule has 1 fully saturated rings. The summed E-state index contributed by atoms with van der Waals surface area (Å²) in [7, 11) is 0. The molecule has 3 rings (SSSR count). The van der Waals surface area contributed by atoms with Gasteiger partial charge in [-0.3, -0.25) is 4.79 Å². The fourth-order valence-corrected chi connectivity index (χ4v) is 4.20. The van der Waals surface area contributed by atoms with Crippen molar-refractivity contribution in [3.8, 4) is 0 Å². The first-order valence-electron chi connectivity index (χ1n) is 9.27. The van der Waals surface area contributed by atoms with Crippen molar-refractivity contribution in [1.29, 1.82) is 0 Å². The molecule has 1 saturated heterocycles. The molecule has 1 amide bonds. The Balaban J connectivity index is 1.39. The molecule has 0 unspecified atom stereocenters. The van der Waals surface area contributed by atoms with Gasteiger partial charge in [0.2, 0.25) is 5.91 Å². The number of pyridine rings is 1. The number of thioether (sulfide) groups is 1. The standard InChI is InChI=1S/C20H21BrF3N3OS/c21-15-2-4-17(5-3-15)29-12-9-19(28)26-16-7-10-27(11-8-16)18-6-1-14(13-25-18)20(22,23)24/h1-6,13,16H,7-12H2,(H,26,28). The maximum absolute atomic E-state index is 12.6. The van der Waals surface area contributed by atoms with Crippen molar-refractivity contribution in [2.24, 2.45) is 0 Å². The van der Waals surface area contributed by atoms with E-state index in [0.717, 1.165) is 34.5 Å². The summed E-state index contributed by atoms with van der Waals surface area (Å²) in [5.41, 5.74) is -0.746. The fourth-order valence-electron chi connectivity index (χ4n) is 3.09. The van der Waals surface area contributed by atoms with Gasteiger partial charge in [0, 0.05) is 46.9 Å². The molecule has 0 radical (unpaired) electrons. The van der Waals surface area contributed by atoms with Crippen LogP contribution in [0.15, 0.2) is 52.0 Å². The molecule has 0 atom stereocenters. The van der Waals surface area contributed by atoms with Gasteiger partial charge >= 0.3 is 6.18 Å². The zero-order valence-electron chi connectivity index (χ0n) is 15.6. The summed E-state index contributed by atoms with van der Waals surface area (Å²) in [6.45, 7) is 1.30. The minimum absolute atomic E-state index is 0.0284. The number of piperidine rings is 1. The Hall–Kier alpha value is -1.74. The Morgan fingerprint density at radius 3 is 2.45 bits per heavy atom. The summed E-state index contributed by atoms with van der Waals surface area (Å²) in [5, 5.41) is 3.06. The molecule has 9 heteroatoms. The average molecular weight is 488 g/mol. The van der Waals surface area contributed by atoms with E-state index in [2.05, 4.69) is 26.2 Å². The molecule has 156 valence electrons. The summed E-state index contributed by atoms with van der Waals surface area (Å²) in [5.74, 6) is 1.27. The number of aromatic nitrogens is 1. The first-order valence-corrected chi connectivity index (χ1v) is 11.0. The molecule has 2 heterocycles. The number of carbonyl (C=O) groups excluding carboxylic acids is 1. The number of anilines is 1. The van der Waals surface area contributed by atoms with E-state index in [9.17, 15) is 18.0 Å². The predicted octanol–water partition coefficient (Wildman–Crippen LogP) is 5.13. The molecule has 1 aromatic heterocycles. The van der Waals surface area contributed by atoms with E-state index >= 15 is 0 Å². The summed E-state index contributed by atoms with van der Waals surface area (Å²) >= 11 is 5.04. The number of rotatable bonds is 6. The van der Waals surface area contributed by atoms with Crippen molar-refractivity contribution in [2.45, 2.75) is 36.4 Å². The van der Waals surface area contributed by atoms with Crippen LogP contribution in [0.25, 0.3) is 0 Å². The number of halogens is 4. The van der Waals surface area contributed by atoms with Gasteiger partial charge in [0.15, 0.2) is 0 Å². The Morgan fingerprint density at radius 1 is 1.17 bits per heavy atom. The van der Waals surface area contributed by atoms with Crippen LogP contribution in [0.3, 0.4) is 0 Å². The van der Waals surface area contributed by atoms with Gasteiger partial charge in [-0.15, -0.1) is 11.8 Å². The van der Waals surface area contributed by atoms with E-state index in [1.807, 2.05) is 29.2 Å². The lowest BCUT2D eigenvalue weighted by molar-refractivity contribution is -0.137. The van der Waals surface area contributed by atoms with Crippen molar-refractivity contribution in [1.82, 2.24) is 10.3 Å². The molecule has 1 aromatic carbocycles. The Kier molecular flexibility index (Phi) is 7.45. The first kappa shape index (κ1) is 22.0. The molecule has 0 aliphatic carbocycles. The van der Waals surface area contributed by atoms with Crippen LogP contribution in [-0.2, 0) is 11.0 Å². The maximum Gasteiger partial charge on any atom is 0.417 e. The Labute approximate surface area is 180 Å². The SMILES string of the molecule is O=C(CCSc1ccc(Br)cc1)NC1CCN(c2ccc(C(F)(F)F)cn2)CC1. The second kappa shape index (κ2) is 9.84. The van der Waals surface area contributed by atoms with Gasteiger partial charge in [-0.1, -0.05) is 15.9 Å². The van der Waals surface area contributed by atoms with Crippen LogP contribution in [0, 0.1) is 0 Å². The molecule has 0 spiro atoms. The maximum atomic E-state index is 12.6. The van der Waals surface area contributed by atoms with Crippen molar-refractivity contribution in [3.05, 3.63) is 52.6 Å². The van der Waals surface area contributed by atoms with E-state index in [0.29, 0.717) is 31.1 Å². The number of nitrogens with zero attached hydrogens (tertiary/aromatic N) is 2. The molecule has 0 bridgehead atoms. The molecule has 1 N–H and O–H groups in total. The third-order valence-corrected chi connectivity index (χ3v) is 6.21. The molecule has 0 saturated carbocycles. The second-order valence-corrected chi connectivity index (χ2v) is 8.87. The lowest BCUT2D eigenvalue weighted by Gasteiger charge is -2.33. The zero-order chi connectivity index (χ0) is 20.9. The van der Waals surface area contributed by atoms with Crippen LogP contribution in [0.4, 0.5) is 19.0 Å². The van der Waals surface area contributed by atoms with Crippen molar-refractivity contribution >= 4 is 39.4 Å². The van der Waals surface area contributed by atoms with Crippen LogP contribution < -0.4 is 10.2 Å². The molecule has 1 aliphatic heterocycles. The number of hydrogen-bond donors (Lipinski definition) is 1. The summed E-state index contributed by atoms with van der Waals surface area (Å²) in [6, 6.07) is 10.5. The van der Waals surface area contributed by atoms with Gasteiger partial charge in [-0.2, -0.15) is 13.2 Å². The minimum atomic E-state index is -4.38. The third kappa shape index (κ3) is 6.64. The van der Waals surface area contributed by atoms with E-state index < -0.39 is 11.7 Å². The second-order valence-electron chi connectivity index (χ2n) is 6.78. The predicted molar refractivity (Wildman–Crippen MR) is 112 cm³/mol. The third-order valence-electron chi connectivity index (χ3n) is 4.67. The van der Waals surface area contributed by atoms with Gasteiger partial charge in [0.05, 0.1) is 5.56 Å². The number of hydrogen-bond acceptors (Lipinski definition) is 4. The molecular weight excluding hydrogens is 467 g/mol. The Bertz CT molecular complexity index is 807. The largest absolute Gasteiger partial charge is 0.417 e. The van der Waals surface area contributed by atoms with Gasteiger partial charge in [-0.25, -0.2) is 4.98 Å². The topological polar surface area (TPSA) is 45.2 Å². The molecule has 2 aromatic rings. The van der Waals surface area contributed by atoms with Crippen molar-refractivity contribution in [2.75, 3.05) is 23.7 Å². The number of carbonyl (C=O) groups is 1. The highest BCUT2D eigenvalue weighted by atomic mass is 79.9. The van der Waals surface area contributed by atoms with Gasteiger partial charge in [0.1, 0.15) is 5.82 Å². The average Bonchev–Trinajstić information content (AvgIpc) is 2.69. The van der Waals surface area contributed by atoms with Gasteiger partial charge < -0.3 is 10.2 Å². The molecule has 1 aliphatic rings. The number of amides is 1. The Morgan fingerprint density at radius 2 is 1.86 bits per heavy atom. The smallest absolute Gasteiger partial charge is 0.356 e. The van der Waals surface area contributed by atoms with E-state index in [-0.39, 0.29) is 11.9 Å². The summed E-state index contributed by atoms with van der Waals surface area (Å²) in [4.78, 5) is 19.2. The van der Waals surface area contributed by atoms with Crippen LogP contribution in [0.5, 0.6) is 0 Å². The molecule has 4 nitrogen and oxygen atoms in total. The van der Waals surface area contributed by atoms with E-state index in [1.165, 1.54) is 6.07 Å². The van der Waals surface area contributed by atoms with Crippen LogP contribution in [-0.4, -0.2) is 35.8 Å². The van der Waals surface area contributed by atoms with E-state index in [4.69, 9.17) is 0 Å². The van der Waals surface area contributed by atoms with Crippen LogP contribution >= 0.6 is 27.7 Å². The molecule has 29 heavy (non-hydrogen) atoms. The quantitative estimate of drug-likeness (QED) is 0.573.